The lowest BCUT2D eigenvalue weighted by Gasteiger charge is -2.45. The van der Waals surface area contributed by atoms with Crippen LogP contribution in [0.5, 0.6) is 23.0 Å². The highest BCUT2D eigenvalue weighted by molar-refractivity contribution is 6.04. The van der Waals surface area contributed by atoms with E-state index in [4.69, 9.17) is 42.6 Å². The summed E-state index contributed by atoms with van der Waals surface area (Å²) in [5.41, 5.74) is 0.954. The van der Waals surface area contributed by atoms with Crippen LogP contribution in [0.3, 0.4) is 0 Å². The highest BCUT2D eigenvalue weighted by Crippen LogP contribution is 2.51. The van der Waals surface area contributed by atoms with Gasteiger partial charge in [-0.15, -0.1) is 0 Å². The maximum absolute atomic E-state index is 14.2. The quantitative estimate of drug-likeness (QED) is 0.140. The molecule has 0 aromatic heterocycles. The molecule has 0 spiro atoms. The van der Waals surface area contributed by atoms with Crippen molar-refractivity contribution in [1.29, 1.82) is 0 Å². The summed E-state index contributed by atoms with van der Waals surface area (Å²) in [5, 5.41) is 0. The minimum absolute atomic E-state index is 0.0380. The van der Waals surface area contributed by atoms with Crippen molar-refractivity contribution >= 4 is 41.6 Å². The van der Waals surface area contributed by atoms with Crippen molar-refractivity contribution in [3.8, 4) is 23.0 Å². The summed E-state index contributed by atoms with van der Waals surface area (Å²) in [6, 6.07) is 16.7. The molecule has 1 saturated heterocycles. The van der Waals surface area contributed by atoms with E-state index in [9.17, 15) is 33.6 Å². The van der Waals surface area contributed by atoms with E-state index in [2.05, 4.69) is 0 Å². The molecule has 0 aliphatic carbocycles. The van der Waals surface area contributed by atoms with Crippen molar-refractivity contribution in [1.82, 2.24) is 0 Å². The van der Waals surface area contributed by atoms with Gasteiger partial charge in [-0.1, -0.05) is 42.5 Å². The molecule has 3 aromatic carbocycles. The van der Waals surface area contributed by atoms with Crippen LogP contribution in [-0.4, -0.2) is 72.6 Å². The number of ether oxygens (including phenoxy) is 9. The fourth-order valence-corrected chi connectivity index (χ4v) is 6.39. The molecule has 0 radical (unpaired) electrons. The fraction of sp³-hybridized carbons (Fsp3) is 0.375. The first kappa shape index (κ1) is 40.9. The van der Waals surface area contributed by atoms with E-state index >= 15 is 0 Å². The summed E-state index contributed by atoms with van der Waals surface area (Å²) >= 11 is 0. The number of carbonyl (C=O) groups excluding carboxylic acids is 7. The first-order valence-corrected chi connectivity index (χ1v) is 17.5. The maximum Gasteiger partial charge on any atom is 0.308 e. The normalized spacial score (nSPS) is 21.3. The number of benzene rings is 3. The minimum atomic E-state index is -1.64. The largest absolute Gasteiger partial charge is 0.488 e. The summed E-state index contributed by atoms with van der Waals surface area (Å²) in [6.45, 7) is 6.13. The second-order valence-corrected chi connectivity index (χ2v) is 12.9. The van der Waals surface area contributed by atoms with Gasteiger partial charge in [0, 0.05) is 47.6 Å². The molecule has 0 N–H and O–H groups in total. The van der Waals surface area contributed by atoms with Crippen molar-refractivity contribution in [2.24, 2.45) is 0 Å². The molecule has 0 saturated carbocycles. The van der Waals surface area contributed by atoms with Gasteiger partial charge in [0.2, 0.25) is 0 Å². The SMILES string of the molecule is CC(=O)OC[C@H]1O[C@@H](c2c(OCc3ccccc3)cc3c(c2OC(C)=O)C(=O)CC(c2ccc(OC(C)=O)cc2)O3)[C@H](OC(C)=O)[C@@H](OC(C)=O)[C@@H]1OC(C)=O. The van der Waals surface area contributed by atoms with Gasteiger partial charge in [-0.05, 0) is 23.3 Å². The van der Waals surface area contributed by atoms with E-state index in [0.29, 0.717) is 11.1 Å². The van der Waals surface area contributed by atoms with Crippen LogP contribution in [0.2, 0.25) is 0 Å². The van der Waals surface area contributed by atoms with Crippen LogP contribution in [-0.2, 0) is 59.1 Å². The van der Waals surface area contributed by atoms with Crippen molar-refractivity contribution < 1.29 is 76.2 Å². The number of Topliss-reactive ketones (excluding diaryl/α,β-unsaturated/α-hetero) is 1. The highest BCUT2D eigenvalue weighted by Gasteiger charge is 2.54. The van der Waals surface area contributed by atoms with Crippen LogP contribution >= 0.6 is 0 Å². The topological polar surface area (TPSA) is 203 Å². The van der Waals surface area contributed by atoms with Crippen LogP contribution in [0.1, 0.15) is 87.2 Å². The average molecular weight is 777 g/mol. The first-order chi connectivity index (χ1) is 26.6. The molecule has 6 atom stereocenters. The Morgan fingerprint density at radius 3 is 1.89 bits per heavy atom. The monoisotopic (exact) mass is 776 g/mol. The molecule has 2 heterocycles. The Bertz CT molecular complexity index is 1990. The van der Waals surface area contributed by atoms with E-state index in [-0.39, 0.29) is 47.2 Å². The summed E-state index contributed by atoms with van der Waals surface area (Å²) < 4.78 is 52.2. The van der Waals surface area contributed by atoms with Gasteiger partial charge in [0.05, 0.1) is 12.0 Å². The van der Waals surface area contributed by atoms with E-state index in [1.54, 1.807) is 48.5 Å². The Morgan fingerprint density at radius 1 is 0.696 bits per heavy atom. The Morgan fingerprint density at radius 2 is 1.30 bits per heavy atom. The van der Waals surface area contributed by atoms with Gasteiger partial charge < -0.3 is 42.6 Å². The second kappa shape index (κ2) is 17.9. The van der Waals surface area contributed by atoms with Crippen LogP contribution < -0.4 is 18.9 Å². The number of rotatable bonds is 12. The number of ketones is 1. The van der Waals surface area contributed by atoms with Gasteiger partial charge >= 0.3 is 35.8 Å². The van der Waals surface area contributed by atoms with Gasteiger partial charge in [-0.3, -0.25) is 33.6 Å². The van der Waals surface area contributed by atoms with Crippen molar-refractivity contribution in [3.05, 3.63) is 82.9 Å². The third-order valence-corrected chi connectivity index (χ3v) is 8.44. The lowest BCUT2D eigenvalue weighted by molar-refractivity contribution is -0.254. The Kier molecular flexibility index (Phi) is 13.1. The molecule has 56 heavy (non-hydrogen) atoms. The zero-order chi connectivity index (χ0) is 40.7. The number of fused-ring (bicyclic) bond motifs is 1. The van der Waals surface area contributed by atoms with Gasteiger partial charge in [0.1, 0.15) is 54.3 Å². The van der Waals surface area contributed by atoms with Gasteiger partial charge in [-0.25, -0.2) is 0 Å². The molecular weight excluding hydrogens is 736 g/mol. The van der Waals surface area contributed by atoms with E-state index in [1.807, 2.05) is 6.07 Å². The standard InChI is InChI=1S/C40H40O16/c1-20(41)48-19-33-36(51-22(3)43)39(53-24(5)45)40(54-25(6)46)38(56-33)35-31(49-18-26-10-8-7-9-11-26)17-32-34(37(35)52-23(4)44)29(47)16-30(55-32)27-12-14-28(15-13-27)50-21(2)42/h7-15,17,30,33,36,38-40H,16,18-19H2,1-6H3/t30?,33-,36-,38+,39+,40+/m1/s1. The predicted octanol–water partition coefficient (Wildman–Crippen LogP) is 4.62. The number of hydrogen-bond donors (Lipinski definition) is 0. The maximum atomic E-state index is 14.2. The molecule has 1 fully saturated rings. The lowest BCUT2D eigenvalue weighted by Crippen LogP contribution is -2.59. The van der Waals surface area contributed by atoms with Crippen LogP contribution in [0.15, 0.2) is 60.7 Å². The molecule has 2 aliphatic rings. The molecule has 16 heteroatoms. The highest BCUT2D eigenvalue weighted by atomic mass is 16.7. The molecule has 16 nitrogen and oxygen atoms in total. The molecule has 3 aromatic rings. The van der Waals surface area contributed by atoms with E-state index in [0.717, 1.165) is 34.6 Å². The molecule has 296 valence electrons. The zero-order valence-corrected chi connectivity index (χ0v) is 31.4. The van der Waals surface area contributed by atoms with Crippen LogP contribution in [0.25, 0.3) is 0 Å². The van der Waals surface area contributed by atoms with E-state index < -0.39 is 84.8 Å². The molecule has 1 unspecified atom stereocenters. The van der Waals surface area contributed by atoms with Gasteiger partial charge in [0.25, 0.3) is 0 Å². The number of carbonyl (C=O) groups is 7. The smallest absolute Gasteiger partial charge is 0.308 e. The van der Waals surface area contributed by atoms with Gasteiger partial charge in [0.15, 0.2) is 29.8 Å². The van der Waals surface area contributed by atoms with Crippen LogP contribution in [0.4, 0.5) is 0 Å². The molecule has 5 rings (SSSR count). The number of esters is 6. The Hall–Kier alpha value is -6.29. The van der Waals surface area contributed by atoms with Gasteiger partial charge in [-0.2, -0.15) is 0 Å². The Labute approximate surface area is 321 Å². The number of hydrogen-bond acceptors (Lipinski definition) is 16. The van der Waals surface area contributed by atoms with E-state index in [1.165, 1.54) is 13.0 Å². The zero-order valence-electron chi connectivity index (χ0n) is 31.4. The van der Waals surface area contributed by atoms with Crippen LogP contribution in [0, 0.1) is 0 Å². The van der Waals surface area contributed by atoms with Crippen molar-refractivity contribution in [3.63, 3.8) is 0 Å². The average Bonchev–Trinajstić information content (AvgIpc) is 3.11. The molecular formula is C40H40O16. The summed E-state index contributed by atoms with van der Waals surface area (Å²) in [4.78, 5) is 88.1. The predicted molar refractivity (Wildman–Crippen MR) is 190 cm³/mol. The third-order valence-electron chi connectivity index (χ3n) is 8.44. The lowest BCUT2D eigenvalue weighted by atomic mass is 9.86. The molecule has 2 aliphatic heterocycles. The third kappa shape index (κ3) is 10.1. The minimum Gasteiger partial charge on any atom is -0.488 e. The second-order valence-electron chi connectivity index (χ2n) is 12.9. The summed E-state index contributed by atoms with van der Waals surface area (Å²) in [5.74, 6) is -5.38. The van der Waals surface area contributed by atoms with Crippen molar-refractivity contribution in [2.75, 3.05) is 6.61 Å². The Balaban J connectivity index is 1.73. The molecule has 0 amide bonds. The van der Waals surface area contributed by atoms with Crippen molar-refractivity contribution in [2.45, 2.75) is 91.2 Å². The summed E-state index contributed by atoms with van der Waals surface area (Å²) in [7, 11) is 0. The molecule has 0 bridgehead atoms. The first-order valence-electron chi connectivity index (χ1n) is 17.5. The fourth-order valence-electron chi connectivity index (χ4n) is 6.39. The summed E-state index contributed by atoms with van der Waals surface area (Å²) in [6.07, 6.45) is -8.77.